The number of amidine groups is 1. The molecule has 1 aromatic carbocycles. The molecule has 0 bridgehead atoms. The molecular weight excluding hydrogens is 390 g/mol. The fourth-order valence-electron chi connectivity index (χ4n) is 3.11. The average molecular weight is 418 g/mol. The Morgan fingerprint density at radius 2 is 2.10 bits per heavy atom. The lowest BCUT2D eigenvalue weighted by Crippen LogP contribution is -2.46. The largest absolute Gasteiger partial charge is 0.505 e. The van der Waals surface area contributed by atoms with Crippen LogP contribution in [0.1, 0.15) is 46.8 Å². The summed E-state index contributed by atoms with van der Waals surface area (Å²) in [6, 6.07) is 7.46. The standard InChI is InChI=1S/C20H27N5O3S/c1-6-13(15-10-8-12(3)28-15)21-18-19(24-29-23-18)22-14-9-7-11(2)16(17(14)26)20(27)25(4)5/h7-10,13,18,21,23,26H,6H2,1-5H3,(H,22,24)/t13-,18?/m1/s1. The smallest absolute Gasteiger partial charge is 0.257 e. The fourth-order valence-corrected chi connectivity index (χ4v) is 3.70. The number of phenols is 1. The maximum Gasteiger partial charge on any atom is 0.257 e. The summed E-state index contributed by atoms with van der Waals surface area (Å²) in [4.78, 5) is 13.9. The minimum absolute atomic E-state index is 0.00407. The van der Waals surface area contributed by atoms with Gasteiger partial charge in [-0.3, -0.25) is 10.1 Å². The van der Waals surface area contributed by atoms with Crippen molar-refractivity contribution in [2.45, 2.75) is 39.4 Å². The zero-order valence-electron chi connectivity index (χ0n) is 17.2. The molecule has 3 rings (SSSR count). The van der Waals surface area contributed by atoms with E-state index in [4.69, 9.17) is 4.42 Å². The lowest BCUT2D eigenvalue weighted by atomic mass is 10.0. The second kappa shape index (κ2) is 8.89. The highest BCUT2D eigenvalue weighted by Gasteiger charge is 2.28. The number of nitrogens with one attached hydrogen (secondary N) is 3. The van der Waals surface area contributed by atoms with Crippen LogP contribution in [0.25, 0.3) is 0 Å². The number of furan rings is 1. The Bertz CT molecular complexity index is 925. The van der Waals surface area contributed by atoms with Gasteiger partial charge in [-0.1, -0.05) is 13.0 Å². The van der Waals surface area contributed by atoms with Crippen LogP contribution < -0.4 is 15.4 Å². The zero-order chi connectivity index (χ0) is 21.1. The summed E-state index contributed by atoms with van der Waals surface area (Å²) in [6.45, 7) is 5.79. The van der Waals surface area contributed by atoms with E-state index in [-0.39, 0.29) is 29.4 Å². The number of anilines is 1. The van der Waals surface area contributed by atoms with Gasteiger partial charge in [-0.2, -0.15) is 4.40 Å². The summed E-state index contributed by atoms with van der Waals surface area (Å²) in [5.74, 6) is 2.00. The third-order valence-electron chi connectivity index (χ3n) is 4.74. The van der Waals surface area contributed by atoms with E-state index in [1.54, 1.807) is 33.2 Å². The Morgan fingerprint density at radius 3 is 2.72 bits per heavy atom. The van der Waals surface area contributed by atoms with Gasteiger partial charge >= 0.3 is 0 Å². The Labute approximate surface area is 175 Å². The summed E-state index contributed by atoms with van der Waals surface area (Å²) >= 11 is 1.21. The lowest BCUT2D eigenvalue weighted by molar-refractivity contribution is 0.0824. The number of amides is 1. The van der Waals surface area contributed by atoms with Crippen LogP contribution in [0.4, 0.5) is 5.69 Å². The Morgan fingerprint density at radius 1 is 1.34 bits per heavy atom. The molecule has 0 spiro atoms. The number of aryl methyl sites for hydroxylation is 2. The molecule has 0 saturated carbocycles. The molecule has 4 N–H and O–H groups in total. The number of aromatic hydroxyl groups is 1. The first-order chi connectivity index (χ1) is 13.8. The number of benzene rings is 1. The molecule has 1 unspecified atom stereocenters. The highest BCUT2D eigenvalue weighted by Crippen LogP contribution is 2.32. The third kappa shape index (κ3) is 4.58. The fraction of sp³-hybridized carbons (Fsp3) is 0.400. The van der Waals surface area contributed by atoms with E-state index in [9.17, 15) is 9.90 Å². The first-order valence-corrected chi connectivity index (χ1v) is 10.2. The first-order valence-electron chi connectivity index (χ1n) is 9.44. The van der Waals surface area contributed by atoms with Crippen LogP contribution in [0.2, 0.25) is 0 Å². The van der Waals surface area contributed by atoms with E-state index in [1.165, 1.54) is 17.0 Å². The highest BCUT2D eigenvalue weighted by atomic mass is 32.2. The van der Waals surface area contributed by atoms with Crippen LogP contribution in [0.15, 0.2) is 33.1 Å². The van der Waals surface area contributed by atoms with Crippen molar-refractivity contribution in [3.8, 4) is 5.75 Å². The quantitative estimate of drug-likeness (QED) is 0.422. The lowest BCUT2D eigenvalue weighted by Gasteiger charge is -2.22. The molecule has 0 radical (unpaired) electrons. The van der Waals surface area contributed by atoms with Crippen LogP contribution in [-0.4, -0.2) is 42.0 Å². The van der Waals surface area contributed by atoms with Gasteiger partial charge in [-0.25, -0.2) is 4.72 Å². The summed E-state index contributed by atoms with van der Waals surface area (Å²) in [7, 11) is 3.31. The topological polar surface area (TPSA) is 102 Å². The van der Waals surface area contributed by atoms with Crippen molar-refractivity contribution in [3.63, 3.8) is 0 Å². The van der Waals surface area contributed by atoms with E-state index < -0.39 is 0 Å². The van der Waals surface area contributed by atoms with E-state index in [0.29, 0.717) is 17.1 Å². The Kier molecular flexibility index (Phi) is 6.51. The number of carbonyl (C=O) groups excluding carboxylic acids is 1. The number of carbonyl (C=O) groups is 1. The number of rotatable bonds is 6. The van der Waals surface area contributed by atoms with Crippen molar-refractivity contribution in [1.82, 2.24) is 14.9 Å². The molecule has 2 heterocycles. The van der Waals surface area contributed by atoms with Gasteiger partial charge in [-0.15, -0.1) is 0 Å². The molecule has 9 heteroatoms. The van der Waals surface area contributed by atoms with Crippen LogP contribution in [0.3, 0.4) is 0 Å². The predicted molar refractivity (Wildman–Crippen MR) is 116 cm³/mol. The van der Waals surface area contributed by atoms with E-state index in [2.05, 4.69) is 26.7 Å². The normalized spacial score (nSPS) is 17.1. The summed E-state index contributed by atoms with van der Waals surface area (Å²) in [5.41, 5.74) is 1.42. The molecule has 0 fully saturated rings. The van der Waals surface area contributed by atoms with Gasteiger partial charge in [0.25, 0.3) is 5.91 Å². The van der Waals surface area contributed by atoms with Gasteiger partial charge in [0.1, 0.15) is 23.5 Å². The minimum Gasteiger partial charge on any atom is -0.505 e. The Balaban J connectivity index is 1.79. The molecule has 0 saturated heterocycles. The van der Waals surface area contributed by atoms with E-state index in [0.717, 1.165) is 17.9 Å². The SMILES string of the molecule is CC[C@@H](NC1NSN=C1Nc1ccc(C)c(C(=O)N(C)C)c1O)c1ccc(C)o1. The molecule has 1 aliphatic heterocycles. The van der Waals surface area contributed by atoms with Crippen molar-refractivity contribution < 1.29 is 14.3 Å². The van der Waals surface area contributed by atoms with Crippen molar-refractivity contribution in [1.29, 1.82) is 0 Å². The molecule has 1 aliphatic rings. The molecule has 8 nitrogen and oxygen atoms in total. The summed E-state index contributed by atoms with van der Waals surface area (Å²) in [5, 5.41) is 17.4. The maximum atomic E-state index is 12.5. The second-order valence-corrected chi connectivity index (χ2v) is 7.77. The first kappa shape index (κ1) is 21.2. The van der Waals surface area contributed by atoms with Crippen molar-refractivity contribution in [3.05, 3.63) is 46.9 Å². The van der Waals surface area contributed by atoms with Crippen LogP contribution >= 0.6 is 12.1 Å². The second-order valence-electron chi connectivity index (χ2n) is 7.17. The zero-order valence-corrected chi connectivity index (χ0v) is 18.1. The predicted octanol–water partition coefficient (Wildman–Crippen LogP) is 3.35. The molecule has 0 aliphatic carbocycles. The average Bonchev–Trinajstić information content (AvgIpc) is 3.30. The van der Waals surface area contributed by atoms with Gasteiger partial charge < -0.3 is 19.7 Å². The van der Waals surface area contributed by atoms with Crippen LogP contribution in [0, 0.1) is 13.8 Å². The van der Waals surface area contributed by atoms with Crippen molar-refractivity contribution >= 4 is 29.6 Å². The summed E-state index contributed by atoms with van der Waals surface area (Å²) < 4.78 is 13.3. The van der Waals surface area contributed by atoms with Gasteiger partial charge in [0, 0.05) is 14.1 Å². The Hall–Kier alpha value is -2.49. The van der Waals surface area contributed by atoms with Gasteiger partial charge in [0.15, 0.2) is 5.75 Å². The number of hydrogen-bond acceptors (Lipinski definition) is 8. The molecule has 2 atom stereocenters. The molecule has 29 heavy (non-hydrogen) atoms. The van der Waals surface area contributed by atoms with E-state index >= 15 is 0 Å². The summed E-state index contributed by atoms with van der Waals surface area (Å²) in [6.07, 6.45) is 0.560. The number of hydrogen-bond donors (Lipinski definition) is 4. The third-order valence-corrected chi connectivity index (χ3v) is 5.37. The molecule has 1 amide bonds. The van der Waals surface area contributed by atoms with Crippen LogP contribution in [0.5, 0.6) is 5.75 Å². The molecule has 156 valence electrons. The van der Waals surface area contributed by atoms with Crippen molar-refractivity contribution in [2.24, 2.45) is 4.40 Å². The maximum absolute atomic E-state index is 12.5. The minimum atomic E-state index is -0.274. The number of phenolic OH excluding ortho intramolecular Hbond substituents is 1. The monoisotopic (exact) mass is 417 g/mol. The molecule has 1 aromatic heterocycles. The van der Waals surface area contributed by atoms with E-state index in [1.807, 2.05) is 19.1 Å². The molecular formula is C20H27N5O3S. The molecule has 2 aromatic rings. The van der Waals surface area contributed by atoms with Crippen molar-refractivity contribution in [2.75, 3.05) is 19.4 Å². The van der Waals surface area contributed by atoms with Crippen LogP contribution in [-0.2, 0) is 0 Å². The van der Waals surface area contributed by atoms with Gasteiger partial charge in [-0.05, 0) is 44.0 Å². The number of nitrogens with zero attached hydrogens (tertiary/aromatic N) is 2. The highest BCUT2D eigenvalue weighted by molar-refractivity contribution is 7.96. The van der Waals surface area contributed by atoms with Gasteiger partial charge in [0.05, 0.1) is 29.4 Å². The van der Waals surface area contributed by atoms with Gasteiger partial charge in [0.2, 0.25) is 0 Å².